The Bertz CT molecular complexity index is 558. The molecule has 1 aliphatic carbocycles. The van der Waals surface area contributed by atoms with E-state index in [2.05, 4.69) is 41.6 Å². The van der Waals surface area contributed by atoms with Crippen LogP contribution in [0.3, 0.4) is 0 Å². The minimum atomic E-state index is 0.731. The summed E-state index contributed by atoms with van der Waals surface area (Å²) in [7, 11) is 2.03. The lowest BCUT2D eigenvalue weighted by atomic mass is 10.2. The fraction of sp³-hybridized carbons (Fsp3) is 0.400. The molecular formula is C15H19N3S. The van der Waals surface area contributed by atoms with E-state index in [1.807, 2.05) is 17.8 Å². The van der Waals surface area contributed by atoms with Gasteiger partial charge in [-0.15, -0.1) is 0 Å². The highest BCUT2D eigenvalue weighted by molar-refractivity contribution is 7.99. The van der Waals surface area contributed by atoms with Gasteiger partial charge in [-0.25, -0.2) is 0 Å². The van der Waals surface area contributed by atoms with Gasteiger partial charge in [-0.05, 0) is 31.9 Å². The second kappa shape index (κ2) is 5.39. The van der Waals surface area contributed by atoms with Crippen molar-refractivity contribution in [2.75, 3.05) is 0 Å². The molecule has 2 aromatic rings. The number of aromatic nitrogens is 2. The van der Waals surface area contributed by atoms with Crippen LogP contribution in [0, 0.1) is 6.92 Å². The molecule has 19 heavy (non-hydrogen) atoms. The van der Waals surface area contributed by atoms with Gasteiger partial charge in [0.1, 0.15) is 5.03 Å². The Labute approximate surface area is 118 Å². The number of nitrogens with zero attached hydrogens (tertiary/aromatic N) is 2. The smallest absolute Gasteiger partial charge is 0.103 e. The first-order chi connectivity index (χ1) is 9.24. The summed E-state index contributed by atoms with van der Waals surface area (Å²) in [4.78, 5) is 1.26. The first-order valence-electron chi connectivity index (χ1n) is 6.73. The van der Waals surface area contributed by atoms with Crippen LogP contribution in [0.4, 0.5) is 0 Å². The molecule has 1 N–H and O–H groups in total. The number of hydrogen-bond donors (Lipinski definition) is 1. The number of aryl methyl sites for hydroxylation is 2. The van der Waals surface area contributed by atoms with Crippen LogP contribution in [0.2, 0.25) is 0 Å². The molecule has 0 radical (unpaired) electrons. The third kappa shape index (κ3) is 3.01. The number of hydrogen-bond acceptors (Lipinski definition) is 3. The summed E-state index contributed by atoms with van der Waals surface area (Å²) in [5, 5.41) is 9.40. The summed E-state index contributed by atoms with van der Waals surface area (Å²) >= 11 is 1.79. The normalized spacial score (nSPS) is 14.8. The summed E-state index contributed by atoms with van der Waals surface area (Å²) in [5.41, 5.74) is 2.47. The van der Waals surface area contributed by atoms with Crippen molar-refractivity contribution in [1.82, 2.24) is 15.1 Å². The van der Waals surface area contributed by atoms with Crippen LogP contribution >= 0.6 is 11.8 Å². The van der Waals surface area contributed by atoms with Gasteiger partial charge in [0.05, 0.1) is 5.69 Å². The molecule has 0 unspecified atom stereocenters. The average molecular weight is 273 g/mol. The highest BCUT2D eigenvalue weighted by atomic mass is 32.2. The maximum Gasteiger partial charge on any atom is 0.103 e. The summed E-state index contributed by atoms with van der Waals surface area (Å²) in [6, 6.07) is 11.2. The lowest BCUT2D eigenvalue weighted by Crippen LogP contribution is -2.16. The zero-order chi connectivity index (χ0) is 13.2. The fourth-order valence-electron chi connectivity index (χ4n) is 2.15. The molecule has 100 valence electrons. The Morgan fingerprint density at radius 1 is 1.32 bits per heavy atom. The van der Waals surface area contributed by atoms with Crippen molar-refractivity contribution in [2.24, 2.45) is 7.05 Å². The standard InChI is InChI=1S/C15H19N3S/c1-11-14(10-16-12-8-9-12)15(18(2)17-11)19-13-6-4-3-5-7-13/h3-7,12,16H,8-10H2,1-2H3. The topological polar surface area (TPSA) is 29.9 Å². The van der Waals surface area contributed by atoms with E-state index in [1.165, 1.54) is 28.3 Å². The van der Waals surface area contributed by atoms with Crippen molar-refractivity contribution in [3.8, 4) is 0 Å². The van der Waals surface area contributed by atoms with Gasteiger partial charge in [-0.2, -0.15) is 5.10 Å². The second-order valence-electron chi connectivity index (χ2n) is 5.06. The quantitative estimate of drug-likeness (QED) is 0.907. The van der Waals surface area contributed by atoms with Crippen molar-refractivity contribution >= 4 is 11.8 Å². The maximum atomic E-state index is 4.56. The van der Waals surface area contributed by atoms with Crippen molar-refractivity contribution < 1.29 is 0 Å². The molecular weight excluding hydrogens is 254 g/mol. The van der Waals surface area contributed by atoms with Crippen LogP contribution in [-0.2, 0) is 13.6 Å². The molecule has 1 aromatic heterocycles. The fourth-order valence-corrected chi connectivity index (χ4v) is 3.18. The molecule has 0 atom stereocenters. The number of rotatable bonds is 5. The van der Waals surface area contributed by atoms with E-state index in [9.17, 15) is 0 Å². The molecule has 1 heterocycles. The summed E-state index contributed by atoms with van der Waals surface area (Å²) < 4.78 is 2.00. The van der Waals surface area contributed by atoms with Gasteiger partial charge < -0.3 is 5.32 Å². The molecule has 3 nitrogen and oxygen atoms in total. The third-order valence-electron chi connectivity index (χ3n) is 3.39. The Hall–Kier alpha value is -1.26. The van der Waals surface area contributed by atoms with Crippen LogP contribution in [0.25, 0.3) is 0 Å². The summed E-state index contributed by atoms with van der Waals surface area (Å²) in [6.07, 6.45) is 2.64. The van der Waals surface area contributed by atoms with E-state index >= 15 is 0 Å². The van der Waals surface area contributed by atoms with Crippen molar-refractivity contribution in [3.05, 3.63) is 41.6 Å². The molecule has 1 fully saturated rings. The Morgan fingerprint density at radius 2 is 2.05 bits per heavy atom. The third-order valence-corrected chi connectivity index (χ3v) is 4.60. The van der Waals surface area contributed by atoms with Crippen molar-refractivity contribution in [2.45, 2.75) is 42.3 Å². The molecule has 0 saturated heterocycles. The monoisotopic (exact) mass is 273 g/mol. The van der Waals surface area contributed by atoms with Gasteiger partial charge >= 0.3 is 0 Å². The molecule has 0 aliphatic heterocycles. The Morgan fingerprint density at radius 3 is 2.74 bits per heavy atom. The van der Waals surface area contributed by atoms with Gasteiger partial charge in [0.25, 0.3) is 0 Å². The van der Waals surface area contributed by atoms with Crippen LogP contribution in [-0.4, -0.2) is 15.8 Å². The highest BCUT2D eigenvalue weighted by Gasteiger charge is 2.22. The van der Waals surface area contributed by atoms with Crippen LogP contribution in [0.5, 0.6) is 0 Å². The predicted octanol–water partition coefficient (Wildman–Crippen LogP) is 3.13. The second-order valence-corrected chi connectivity index (χ2v) is 6.13. The number of benzene rings is 1. The average Bonchev–Trinajstić information content (AvgIpc) is 3.18. The minimum Gasteiger partial charge on any atom is -0.310 e. The zero-order valence-electron chi connectivity index (χ0n) is 11.4. The molecule has 4 heteroatoms. The maximum absolute atomic E-state index is 4.56. The zero-order valence-corrected chi connectivity index (χ0v) is 12.2. The molecule has 3 rings (SSSR count). The van der Waals surface area contributed by atoms with Gasteiger partial charge in [-0.3, -0.25) is 4.68 Å². The highest BCUT2D eigenvalue weighted by Crippen LogP contribution is 2.32. The molecule has 0 amide bonds. The molecule has 1 aliphatic rings. The molecule has 1 saturated carbocycles. The van der Waals surface area contributed by atoms with Gasteiger partial charge in [0.15, 0.2) is 0 Å². The van der Waals surface area contributed by atoms with Gasteiger partial charge in [-0.1, -0.05) is 30.0 Å². The lowest BCUT2D eigenvalue weighted by Gasteiger charge is -2.07. The van der Waals surface area contributed by atoms with E-state index in [0.717, 1.165) is 18.3 Å². The molecule has 0 spiro atoms. The summed E-state index contributed by atoms with van der Waals surface area (Å²) in [5.74, 6) is 0. The van der Waals surface area contributed by atoms with E-state index in [0.29, 0.717) is 0 Å². The van der Waals surface area contributed by atoms with Gasteiger partial charge in [0.2, 0.25) is 0 Å². The van der Waals surface area contributed by atoms with E-state index in [-0.39, 0.29) is 0 Å². The van der Waals surface area contributed by atoms with Crippen LogP contribution in [0.1, 0.15) is 24.1 Å². The first kappa shape index (κ1) is 12.8. The lowest BCUT2D eigenvalue weighted by molar-refractivity contribution is 0.658. The van der Waals surface area contributed by atoms with E-state index in [4.69, 9.17) is 0 Å². The van der Waals surface area contributed by atoms with Crippen LogP contribution in [0.15, 0.2) is 40.3 Å². The first-order valence-corrected chi connectivity index (χ1v) is 7.54. The Balaban J connectivity index is 1.82. The predicted molar refractivity (Wildman–Crippen MR) is 78.4 cm³/mol. The SMILES string of the molecule is Cc1nn(C)c(Sc2ccccc2)c1CNC1CC1. The van der Waals surface area contributed by atoms with Crippen molar-refractivity contribution in [1.29, 1.82) is 0 Å². The minimum absolute atomic E-state index is 0.731. The number of nitrogens with one attached hydrogen (secondary N) is 1. The summed E-state index contributed by atoms with van der Waals surface area (Å²) in [6.45, 7) is 3.03. The molecule has 0 bridgehead atoms. The molecule has 1 aromatic carbocycles. The largest absolute Gasteiger partial charge is 0.310 e. The van der Waals surface area contributed by atoms with E-state index < -0.39 is 0 Å². The Kier molecular flexibility index (Phi) is 3.62. The van der Waals surface area contributed by atoms with Gasteiger partial charge in [0, 0.05) is 30.1 Å². The van der Waals surface area contributed by atoms with Crippen LogP contribution < -0.4 is 5.32 Å². The van der Waals surface area contributed by atoms with Crippen molar-refractivity contribution in [3.63, 3.8) is 0 Å². The van der Waals surface area contributed by atoms with E-state index in [1.54, 1.807) is 11.8 Å².